The Morgan fingerprint density at radius 1 is 0.722 bits per heavy atom. The molecule has 3 atom stereocenters. The summed E-state index contributed by atoms with van der Waals surface area (Å²) in [5.74, 6) is 0.290. The molecule has 0 aliphatic heterocycles. The van der Waals surface area contributed by atoms with E-state index in [1.807, 2.05) is 0 Å². The van der Waals surface area contributed by atoms with Crippen LogP contribution in [0.3, 0.4) is 0 Å². The van der Waals surface area contributed by atoms with Crippen molar-refractivity contribution in [2.45, 2.75) is 97.2 Å². The zero-order valence-electron chi connectivity index (χ0n) is 12.7. The summed E-state index contributed by atoms with van der Waals surface area (Å²) in [7, 11) is 0. The Bertz CT molecular complexity index is 168. The van der Waals surface area contributed by atoms with E-state index >= 15 is 0 Å². The number of hydrogen-bond donors (Lipinski definition) is 2. The summed E-state index contributed by atoms with van der Waals surface area (Å²) in [5, 5.41) is 19.6. The van der Waals surface area contributed by atoms with Crippen molar-refractivity contribution in [3.8, 4) is 0 Å². The Morgan fingerprint density at radius 2 is 1.17 bits per heavy atom. The standard InChI is InChI=1S/C16H34O2/c1-4-6-8-9-11-13-15(12-10-7-5-2)16(18)14(3)17/h14-18H,4-13H2,1-3H3/t14-,15?,16-/m1/s1. The first kappa shape index (κ1) is 17.9. The molecular formula is C16H34O2. The highest BCUT2D eigenvalue weighted by Gasteiger charge is 2.22. The zero-order chi connectivity index (χ0) is 13.8. The largest absolute Gasteiger partial charge is 0.391 e. The van der Waals surface area contributed by atoms with Crippen LogP contribution in [0.4, 0.5) is 0 Å². The summed E-state index contributed by atoms with van der Waals surface area (Å²) in [6.07, 6.45) is 11.0. The molecule has 0 spiro atoms. The van der Waals surface area contributed by atoms with Crippen molar-refractivity contribution in [3.05, 3.63) is 0 Å². The molecule has 0 saturated carbocycles. The molecule has 18 heavy (non-hydrogen) atoms. The van der Waals surface area contributed by atoms with Crippen LogP contribution in [0.5, 0.6) is 0 Å². The smallest absolute Gasteiger partial charge is 0.0824 e. The van der Waals surface area contributed by atoms with Gasteiger partial charge in [0.05, 0.1) is 12.2 Å². The highest BCUT2D eigenvalue weighted by Crippen LogP contribution is 2.23. The van der Waals surface area contributed by atoms with Crippen molar-refractivity contribution < 1.29 is 10.2 Å². The maximum Gasteiger partial charge on any atom is 0.0824 e. The fraction of sp³-hybridized carbons (Fsp3) is 1.00. The van der Waals surface area contributed by atoms with Crippen LogP contribution in [0.15, 0.2) is 0 Å². The molecular weight excluding hydrogens is 224 g/mol. The first-order chi connectivity index (χ1) is 8.63. The van der Waals surface area contributed by atoms with Gasteiger partial charge in [-0.1, -0.05) is 65.2 Å². The van der Waals surface area contributed by atoms with Gasteiger partial charge in [0.25, 0.3) is 0 Å². The van der Waals surface area contributed by atoms with Crippen LogP contribution >= 0.6 is 0 Å². The van der Waals surface area contributed by atoms with E-state index in [1.54, 1.807) is 6.92 Å². The summed E-state index contributed by atoms with van der Waals surface area (Å²) in [6, 6.07) is 0. The molecule has 110 valence electrons. The lowest BCUT2D eigenvalue weighted by molar-refractivity contribution is -0.0134. The monoisotopic (exact) mass is 258 g/mol. The number of hydrogen-bond acceptors (Lipinski definition) is 2. The van der Waals surface area contributed by atoms with Gasteiger partial charge in [0.1, 0.15) is 0 Å². The van der Waals surface area contributed by atoms with E-state index in [1.165, 1.54) is 51.4 Å². The molecule has 0 saturated heterocycles. The van der Waals surface area contributed by atoms with Crippen LogP contribution in [0, 0.1) is 5.92 Å². The lowest BCUT2D eigenvalue weighted by atomic mass is 9.88. The molecule has 2 heteroatoms. The van der Waals surface area contributed by atoms with E-state index < -0.39 is 12.2 Å². The predicted octanol–water partition coefficient (Wildman–Crippen LogP) is 4.29. The van der Waals surface area contributed by atoms with Gasteiger partial charge in [-0.05, 0) is 25.7 Å². The maximum atomic E-state index is 10.0. The number of rotatable bonds is 12. The van der Waals surface area contributed by atoms with Crippen LogP contribution < -0.4 is 0 Å². The predicted molar refractivity (Wildman–Crippen MR) is 78.7 cm³/mol. The van der Waals surface area contributed by atoms with Gasteiger partial charge in [-0.25, -0.2) is 0 Å². The van der Waals surface area contributed by atoms with Crippen LogP contribution in [0.2, 0.25) is 0 Å². The Hall–Kier alpha value is -0.0800. The van der Waals surface area contributed by atoms with Gasteiger partial charge in [0.15, 0.2) is 0 Å². The van der Waals surface area contributed by atoms with Crippen molar-refractivity contribution in [2.24, 2.45) is 5.92 Å². The first-order valence-electron chi connectivity index (χ1n) is 7.99. The second kappa shape index (κ2) is 12.0. The molecule has 0 bridgehead atoms. The molecule has 0 aromatic heterocycles. The zero-order valence-corrected chi connectivity index (χ0v) is 12.7. The van der Waals surface area contributed by atoms with Crippen molar-refractivity contribution in [1.29, 1.82) is 0 Å². The molecule has 2 N–H and O–H groups in total. The van der Waals surface area contributed by atoms with E-state index in [0.29, 0.717) is 0 Å². The SMILES string of the molecule is CCCCCCCC(CCCCC)[C@H](O)[C@@H](C)O. The van der Waals surface area contributed by atoms with E-state index in [-0.39, 0.29) is 5.92 Å². The lowest BCUT2D eigenvalue weighted by Gasteiger charge is -2.25. The van der Waals surface area contributed by atoms with Crippen LogP contribution in [-0.2, 0) is 0 Å². The Balaban J connectivity index is 3.88. The summed E-state index contributed by atoms with van der Waals surface area (Å²) in [5.41, 5.74) is 0. The van der Waals surface area contributed by atoms with Crippen molar-refractivity contribution in [2.75, 3.05) is 0 Å². The lowest BCUT2D eigenvalue weighted by Crippen LogP contribution is -2.31. The summed E-state index contributed by atoms with van der Waals surface area (Å²) >= 11 is 0. The number of aliphatic hydroxyl groups is 2. The van der Waals surface area contributed by atoms with Gasteiger partial charge >= 0.3 is 0 Å². The van der Waals surface area contributed by atoms with Crippen molar-refractivity contribution in [1.82, 2.24) is 0 Å². The van der Waals surface area contributed by atoms with E-state index in [9.17, 15) is 10.2 Å². The molecule has 0 heterocycles. The molecule has 0 aliphatic carbocycles. The molecule has 0 aliphatic rings. The molecule has 0 aromatic carbocycles. The second-order valence-electron chi connectivity index (χ2n) is 5.69. The Labute approximate surface area is 114 Å². The van der Waals surface area contributed by atoms with Gasteiger partial charge in [0, 0.05) is 0 Å². The van der Waals surface area contributed by atoms with Crippen LogP contribution in [-0.4, -0.2) is 22.4 Å². The number of aliphatic hydroxyl groups excluding tert-OH is 2. The fourth-order valence-electron chi connectivity index (χ4n) is 2.55. The van der Waals surface area contributed by atoms with Gasteiger partial charge in [0.2, 0.25) is 0 Å². The first-order valence-corrected chi connectivity index (χ1v) is 7.99. The van der Waals surface area contributed by atoms with Crippen molar-refractivity contribution >= 4 is 0 Å². The topological polar surface area (TPSA) is 40.5 Å². The molecule has 0 rings (SSSR count). The molecule has 2 nitrogen and oxygen atoms in total. The van der Waals surface area contributed by atoms with E-state index in [0.717, 1.165) is 12.8 Å². The molecule has 0 radical (unpaired) electrons. The fourth-order valence-corrected chi connectivity index (χ4v) is 2.55. The minimum absolute atomic E-state index is 0.290. The quantitative estimate of drug-likeness (QED) is 0.513. The van der Waals surface area contributed by atoms with Crippen LogP contribution in [0.25, 0.3) is 0 Å². The van der Waals surface area contributed by atoms with Crippen LogP contribution in [0.1, 0.15) is 85.0 Å². The minimum Gasteiger partial charge on any atom is -0.391 e. The summed E-state index contributed by atoms with van der Waals surface area (Å²) < 4.78 is 0. The summed E-state index contributed by atoms with van der Waals surface area (Å²) in [6.45, 7) is 6.13. The maximum absolute atomic E-state index is 10.0. The molecule has 0 aromatic rings. The van der Waals surface area contributed by atoms with Gasteiger partial charge in [-0.2, -0.15) is 0 Å². The third-order valence-corrected chi connectivity index (χ3v) is 3.83. The minimum atomic E-state index is -0.590. The third kappa shape index (κ3) is 8.93. The Morgan fingerprint density at radius 3 is 1.67 bits per heavy atom. The summed E-state index contributed by atoms with van der Waals surface area (Å²) in [4.78, 5) is 0. The van der Waals surface area contributed by atoms with Crippen molar-refractivity contribution in [3.63, 3.8) is 0 Å². The van der Waals surface area contributed by atoms with E-state index in [4.69, 9.17) is 0 Å². The molecule has 1 unspecified atom stereocenters. The van der Waals surface area contributed by atoms with Gasteiger partial charge in [-0.15, -0.1) is 0 Å². The molecule has 0 fully saturated rings. The van der Waals surface area contributed by atoms with Gasteiger partial charge < -0.3 is 10.2 Å². The highest BCUT2D eigenvalue weighted by molar-refractivity contribution is 4.73. The highest BCUT2D eigenvalue weighted by atomic mass is 16.3. The normalized spacial score (nSPS) is 16.5. The Kier molecular flexibility index (Phi) is 11.9. The second-order valence-corrected chi connectivity index (χ2v) is 5.69. The average molecular weight is 258 g/mol. The van der Waals surface area contributed by atoms with Gasteiger partial charge in [-0.3, -0.25) is 0 Å². The van der Waals surface area contributed by atoms with E-state index in [2.05, 4.69) is 13.8 Å². The third-order valence-electron chi connectivity index (χ3n) is 3.83. The number of unbranched alkanes of at least 4 members (excludes halogenated alkanes) is 6. The average Bonchev–Trinajstić information content (AvgIpc) is 2.35. The molecule has 0 amide bonds.